The van der Waals surface area contributed by atoms with E-state index in [9.17, 15) is 14.6 Å². The van der Waals surface area contributed by atoms with E-state index >= 15 is 0 Å². The van der Waals surface area contributed by atoms with Gasteiger partial charge in [-0.1, -0.05) is 36.0 Å². The Bertz CT molecular complexity index is 430. The Morgan fingerprint density at radius 1 is 1.44 bits per heavy atom. The van der Waals surface area contributed by atoms with Gasteiger partial charge in [0, 0.05) is 0 Å². The number of nitrogens with two attached hydrogens (primary N) is 1. The lowest BCUT2D eigenvalue weighted by atomic mass is 10.0. The van der Waals surface area contributed by atoms with Crippen molar-refractivity contribution in [3.8, 4) is 0 Å². The third-order valence-electron chi connectivity index (χ3n) is 2.44. The lowest BCUT2D eigenvalue weighted by molar-refractivity contribution is 0.172. The molecule has 3 unspecified atom stereocenters. The monoisotopic (exact) mass is 261 g/mol. The van der Waals surface area contributed by atoms with E-state index in [2.05, 4.69) is 12.2 Å². The summed E-state index contributed by atoms with van der Waals surface area (Å²) < 4.78 is 11.6. The standard InChI is InChI=1S/C10H16NO3PS/c1-6-3-4-7(2)8(5-6)9(10(11)12)15(13,14)16/h3-5,9-10,12H,11H2,1-2H3,(H2,13,14,16). The Balaban J connectivity index is 3.32. The van der Waals surface area contributed by atoms with E-state index in [1.54, 1.807) is 13.0 Å². The number of rotatable bonds is 3. The number of thiol groups is 1. The molecule has 0 radical (unpaired) electrons. The predicted octanol–water partition coefficient (Wildman–Crippen LogP) is 1.74. The van der Waals surface area contributed by atoms with E-state index < -0.39 is 18.5 Å². The van der Waals surface area contributed by atoms with Crippen LogP contribution in [0.4, 0.5) is 0 Å². The summed E-state index contributed by atoms with van der Waals surface area (Å²) in [7, 11) is 0. The van der Waals surface area contributed by atoms with Gasteiger partial charge in [0.25, 0.3) is 6.57 Å². The largest absolute Gasteiger partial charge is 0.378 e. The average molecular weight is 261 g/mol. The van der Waals surface area contributed by atoms with E-state index in [4.69, 9.17) is 5.73 Å². The number of hydrogen-bond acceptors (Lipinski definition) is 3. The molecule has 4 nitrogen and oxygen atoms in total. The number of hydrogen-bond donors (Lipinski definition) is 4. The van der Waals surface area contributed by atoms with Crippen molar-refractivity contribution in [2.45, 2.75) is 25.7 Å². The van der Waals surface area contributed by atoms with Crippen LogP contribution in [0.1, 0.15) is 22.3 Å². The fraction of sp³-hybridized carbons (Fsp3) is 0.400. The number of aliphatic hydroxyl groups is 1. The Morgan fingerprint density at radius 3 is 2.44 bits per heavy atom. The van der Waals surface area contributed by atoms with Gasteiger partial charge in [0.05, 0.1) is 0 Å². The topological polar surface area (TPSA) is 83.5 Å². The lowest BCUT2D eigenvalue weighted by Crippen LogP contribution is -2.27. The van der Waals surface area contributed by atoms with Crippen LogP contribution in [-0.2, 0) is 4.57 Å². The van der Waals surface area contributed by atoms with E-state index in [0.717, 1.165) is 11.1 Å². The zero-order valence-corrected chi connectivity index (χ0v) is 11.0. The smallest absolute Gasteiger partial charge is 0.263 e. The van der Waals surface area contributed by atoms with Crippen LogP contribution in [0.2, 0.25) is 0 Å². The van der Waals surface area contributed by atoms with Crippen molar-refractivity contribution in [1.82, 2.24) is 0 Å². The van der Waals surface area contributed by atoms with Crippen molar-refractivity contribution in [2.24, 2.45) is 5.73 Å². The van der Waals surface area contributed by atoms with Crippen LogP contribution in [0.15, 0.2) is 18.2 Å². The minimum Gasteiger partial charge on any atom is -0.378 e. The quantitative estimate of drug-likeness (QED) is 0.379. The van der Waals surface area contributed by atoms with Crippen molar-refractivity contribution >= 4 is 18.8 Å². The molecule has 16 heavy (non-hydrogen) atoms. The normalized spacial score (nSPS) is 18.9. The van der Waals surface area contributed by atoms with Crippen LogP contribution in [0.5, 0.6) is 0 Å². The minimum absolute atomic E-state index is 0.566. The second-order valence-electron chi connectivity index (χ2n) is 3.88. The van der Waals surface area contributed by atoms with Gasteiger partial charge in [-0.15, -0.1) is 0 Å². The van der Waals surface area contributed by atoms with Gasteiger partial charge in [-0.3, -0.25) is 4.57 Å². The Morgan fingerprint density at radius 2 is 2.00 bits per heavy atom. The molecule has 0 aliphatic heterocycles. The van der Waals surface area contributed by atoms with Crippen LogP contribution < -0.4 is 5.73 Å². The lowest BCUT2D eigenvalue weighted by Gasteiger charge is -2.24. The fourth-order valence-corrected chi connectivity index (χ4v) is 3.46. The van der Waals surface area contributed by atoms with Crippen LogP contribution in [0, 0.1) is 13.8 Å². The molecule has 0 fully saturated rings. The van der Waals surface area contributed by atoms with Crippen LogP contribution in [0.3, 0.4) is 0 Å². The molecular weight excluding hydrogens is 245 g/mol. The SMILES string of the molecule is Cc1ccc(C)c(C(C(N)O)P(=O)(O)S)c1. The van der Waals surface area contributed by atoms with Gasteiger partial charge < -0.3 is 15.7 Å². The van der Waals surface area contributed by atoms with Gasteiger partial charge >= 0.3 is 0 Å². The second-order valence-corrected chi connectivity index (χ2v) is 7.34. The molecule has 0 bridgehead atoms. The summed E-state index contributed by atoms with van der Waals surface area (Å²) in [5.41, 5.74) is 6.60. The highest BCUT2D eigenvalue weighted by molar-refractivity contribution is 8.46. The first-order valence-corrected chi connectivity index (χ1v) is 7.67. The first-order chi connectivity index (χ1) is 7.23. The minimum atomic E-state index is -3.78. The van der Waals surface area contributed by atoms with E-state index in [0.29, 0.717) is 5.56 Å². The van der Waals surface area contributed by atoms with Crippen LogP contribution >= 0.6 is 18.8 Å². The van der Waals surface area contributed by atoms with Gasteiger partial charge in [-0.05, 0) is 25.0 Å². The summed E-state index contributed by atoms with van der Waals surface area (Å²) in [5.74, 6) is 0. The Hall–Kier alpha value is -0.320. The van der Waals surface area contributed by atoms with Crippen molar-refractivity contribution in [3.05, 3.63) is 34.9 Å². The highest BCUT2D eigenvalue weighted by Crippen LogP contribution is 2.60. The highest BCUT2D eigenvalue weighted by atomic mass is 32.7. The molecule has 6 heteroatoms. The maximum atomic E-state index is 11.6. The van der Waals surface area contributed by atoms with Gasteiger partial charge in [-0.25, -0.2) is 0 Å². The second kappa shape index (κ2) is 4.90. The molecule has 90 valence electrons. The maximum Gasteiger partial charge on any atom is 0.263 e. The van der Waals surface area contributed by atoms with Gasteiger partial charge in [0.2, 0.25) is 0 Å². The molecule has 1 aromatic carbocycles. The fourth-order valence-electron chi connectivity index (χ4n) is 1.64. The molecule has 1 rings (SSSR count). The molecule has 0 saturated heterocycles. The third kappa shape index (κ3) is 3.09. The molecular formula is C10H16NO3PS. The van der Waals surface area contributed by atoms with Crippen molar-refractivity contribution in [2.75, 3.05) is 0 Å². The first kappa shape index (κ1) is 13.7. The molecule has 0 aliphatic rings. The maximum absolute atomic E-state index is 11.6. The van der Waals surface area contributed by atoms with E-state index in [1.165, 1.54) is 0 Å². The summed E-state index contributed by atoms with van der Waals surface area (Å²) in [6.07, 6.45) is -1.41. The Kier molecular flexibility index (Phi) is 4.21. The summed E-state index contributed by atoms with van der Waals surface area (Å²) in [6.45, 7) is -0.117. The van der Waals surface area contributed by atoms with E-state index in [1.807, 2.05) is 19.1 Å². The van der Waals surface area contributed by atoms with Crippen LogP contribution in [0.25, 0.3) is 0 Å². The van der Waals surface area contributed by atoms with Gasteiger partial charge in [0.1, 0.15) is 11.9 Å². The zero-order valence-electron chi connectivity index (χ0n) is 9.16. The molecule has 4 N–H and O–H groups in total. The predicted molar refractivity (Wildman–Crippen MR) is 67.7 cm³/mol. The van der Waals surface area contributed by atoms with Crippen LogP contribution in [-0.4, -0.2) is 16.2 Å². The summed E-state index contributed by atoms with van der Waals surface area (Å²) in [6, 6.07) is 5.46. The summed E-state index contributed by atoms with van der Waals surface area (Å²) >= 11 is 3.65. The van der Waals surface area contributed by atoms with Gasteiger partial charge in [-0.2, -0.15) is 0 Å². The molecule has 0 aliphatic carbocycles. The summed E-state index contributed by atoms with van der Waals surface area (Å²) in [4.78, 5) is 9.50. The van der Waals surface area contributed by atoms with Gasteiger partial charge in [0.15, 0.2) is 0 Å². The first-order valence-electron chi connectivity index (χ1n) is 4.79. The Labute approximate surface area is 100 Å². The van der Waals surface area contributed by atoms with E-state index in [-0.39, 0.29) is 0 Å². The highest BCUT2D eigenvalue weighted by Gasteiger charge is 2.34. The molecule has 0 spiro atoms. The molecule has 1 aromatic rings. The summed E-state index contributed by atoms with van der Waals surface area (Å²) in [5, 5.41) is 9.41. The zero-order chi connectivity index (χ0) is 12.5. The molecule has 0 saturated carbocycles. The average Bonchev–Trinajstić information content (AvgIpc) is 2.08. The third-order valence-corrected chi connectivity index (χ3v) is 4.49. The molecule has 0 aromatic heterocycles. The van der Waals surface area contributed by atoms with Crippen molar-refractivity contribution in [1.29, 1.82) is 0 Å². The number of benzene rings is 1. The molecule has 0 amide bonds. The number of aryl methyl sites for hydroxylation is 2. The number of aliphatic hydroxyl groups excluding tert-OH is 1. The van der Waals surface area contributed by atoms with Crippen molar-refractivity contribution < 1.29 is 14.6 Å². The molecule has 3 atom stereocenters. The van der Waals surface area contributed by atoms with Crippen molar-refractivity contribution in [3.63, 3.8) is 0 Å². The molecule has 0 heterocycles.